The first-order valence-electron chi connectivity index (χ1n) is 11.6. The number of carbonyl (C=O) groups is 1. The average Bonchev–Trinajstić information content (AvgIpc) is 2.98. The second kappa shape index (κ2) is 10.8. The van der Waals surface area contributed by atoms with E-state index in [0.29, 0.717) is 30.6 Å². The summed E-state index contributed by atoms with van der Waals surface area (Å²) in [7, 11) is -4.75. The van der Waals surface area contributed by atoms with Gasteiger partial charge >= 0.3 is 59.1 Å². The van der Waals surface area contributed by atoms with Crippen molar-refractivity contribution in [3.8, 4) is 0 Å². The first kappa shape index (κ1) is 30.3. The Labute approximate surface area is 242 Å². The molecule has 0 aromatic rings. The molecule has 4 aliphatic carbocycles. The summed E-state index contributed by atoms with van der Waals surface area (Å²) in [5.74, 6) is 0.119. The normalized spacial score (nSPS) is 43.0. The third kappa shape index (κ3) is 5.65. The maximum atomic E-state index is 11.2. The van der Waals surface area contributed by atoms with Crippen molar-refractivity contribution < 1.29 is 91.3 Å². The van der Waals surface area contributed by atoms with Crippen molar-refractivity contribution in [2.75, 3.05) is 0 Å². The van der Waals surface area contributed by atoms with Crippen LogP contribution in [0.15, 0.2) is 11.6 Å². The summed E-state index contributed by atoms with van der Waals surface area (Å²) in [6.07, 6.45) is 6.28. The summed E-state index contributed by atoms with van der Waals surface area (Å²) >= 11 is 0. The molecule has 0 bridgehead atoms. The van der Waals surface area contributed by atoms with E-state index in [-0.39, 0.29) is 88.2 Å². The maximum absolute atomic E-state index is 11.2. The molecule has 10 heteroatoms. The summed E-state index contributed by atoms with van der Waals surface area (Å²) in [6.45, 7) is 6.52. The molecule has 4 aliphatic rings. The van der Waals surface area contributed by atoms with E-state index in [9.17, 15) is 28.0 Å². The number of rotatable bonds is 5. The van der Waals surface area contributed by atoms with Crippen LogP contribution in [0.2, 0.25) is 0 Å². The summed E-state index contributed by atoms with van der Waals surface area (Å²) in [5.41, 5.74) is 0.895. The third-order valence-electron chi connectivity index (χ3n) is 9.59. The van der Waals surface area contributed by atoms with E-state index in [1.807, 2.05) is 13.0 Å². The van der Waals surface area contributed by atoms with Gasteiger partial charge in [0.1, 0.15) is 0 Å². The van der Waals surface area contributed by atoms with Gasteiger partial charge in [0.2, 0.25) is 10.4 Å². The summed E-state index contributed by atoms with van der Waals surface area (Å²) < 4.78 is 37.9. The van der Waals surface area contributed by atoms with E-state index in [1.54, 1.807) is 0 Å². The molecule has 0 saturated heterocycles. The molecule has 3 saturated carbocycles. The van der Waals surface area contributed by atoms with Crippen LogP contribution in [0.5, 0.6) is 0 Å². The molecule has 1 N–H and O–H groups in total. The Hall–Kier alpha value is 1.04. The minimum Gasteiger partial charge on any atom is -0.726 e. The molecule has 176 valence electrons. The molecule has 4 rings (SSSR count). The Morgan fingerprint density at radius 2 is 1.85 bits per heavy atom. The first-order valence-corrected chi connectivity index (χ1v) is 12.9. The van der Waals surface area contributed by atoms with E-state index in [1.165, 1.54) is 0 Å². The fraction of sp³-hybridized carbons (Fsp3) is 0.870. The molecule has 0 spiro atoms. The predicted molar refractivity (Wildman–Crippen MR) is 110 cm³/mol. The first-order chi connectivity index (χ1) is 14.3. The van der Waals surface area contributed by atoms with Crippen molar-refractivity contribution >= 4 is 16.4 Å². The van der Waals surface area contributed by atoms with Gasteiger partial charge < -0.3 is 19.6 Å². The Bertz CT molecular complexity index is 878. The number of fused-ring (bicyclic) bond motifs is 5. The van der Waals surface area contributed by atoms with Gasteiger partial charge in [0.25, 0.3) is 0 Å². The van der Waals surface area contributed by atoms with Crippen LogP contribution in [-0.4, -0.2) is 36.3 Å². The number of carboxylic acids is 1. The van der Waals surface area contributed by atoms with Crippen LogP contribution in [0, 0.1) is 40.4 Å². The van der Waals surface area contributed by atoms with Crippen molar-refractivity contribution in [3.63, 3.8) is 0 Å². The number of hydrogen-bond donors (Lipinski definition) is 1. The Balaban J connectivity index is 0.00000193. The van der Waals surface area contributed by atoms with Crippen molar-refractivity contribution in [3.05, 3.63) is 11.6 Å². The van der Waals surface area contributed by atoms with Gasteiger partial charge in [-0.2, -0.15) is 0 Å². The molecule has 0 aliphatic heterocycles. The molecular weight excluding hydrogens is 466 g/mol. The number of aliphatic hydroxyl groups excluding tert-OH is 1. The zero-order valence-corrected chi connectivity index (χ0v) is 25.4. The summed E-state index contributed by atoms with van der Waals surface area (Å²) in [5, 5.41) is 22.4. The zero-order valence-electron chi connectivity index (χ0n) is 20.6. The van der Waals surface area contributed by atoms with E-state index in [2.05, 4.69) is 13.8 Å². The van der Waals surface area contributed by atoms with Crippen LogP contribution in [-0.2, 0) is 19.4 Å². The second-order valence-electron chi connectivity index (χ2n) is 11.0. The number of hydrogen-bond acceptors (Lipinski definition) is 7. The zero-order chi connectivity index (χ0) is 22.8. The van der Waals surface area contributed by atoms with E-state index in [0.717, 1.165) is 37.7 Å². The van der Waals surface area contributed by atoms with Gasteiger partial charge in [-0.3, -0.25) is 4.18 Å². The minimum absolute atomic E-state index is 0. The van der Waals surface area contributed by atoms with Crippen LogP contribution in [0.1, 0.15) is 72.1 Å². The van der Waals surface area contributed by atoms with Crippen LogP contribution >= 0.6 is 0 Å². The van der Waals surface area contributed by atoms with Crippen molar-refractivity contribution in [1.29, 1.82) is 0 Å². The molecule has 0 amide bonds. The molecule has 0 heterocycles. The van der Waals surface area contributed by atoms with E-state index < -0.39 is 28.6 Å². The van der Waals surface area contributed by atoms with Crippen LogP contribution in [0.3, 0.4) is 0 Å². The van der Waals surface area contributed by atoms with Crippen LogP contribution in [0.25, 0.3) is 0 Å². The van der Waals surface area contributed by atoms with Gasteiger partial charge in [-0.1, -0.05) is 32.4 Å². The number of aliphatic carboxylic acids is 1. The predicted octanol–water partition coefficient (Wildman–Crippen LogP) is -3.83. The van der Waals surface area contributed by atoms with Crippen molar-refractivity contribution in [1.82, 2.24) is 0 Å². The summed E-state index contributed by atoms with van der Waals surface area (Å²) in [4.78, 5) is 11.2. The molecule has 7 nitrogen and oxygen atoms in total. The van der Waals surface area contributed by atoms with Gasteiger partial charge in [-0.25, -0.2) is 8.42 Å². The molecular formula is C23H34Na2O7S. The standard InChI is InChI=1S/C23H36O7S.2Na/c1-13(10-20(25)26)16-4-5-17-21-18(7-9-23(16,17)3)22(2)8-6-15(30-31(27,28)29)11-14(22)12-19(21)24;;/h12-13,15-19,21,24H,4-11H2,1-3H3,(H,25,26)(H,27,28,29);;/q;2*+1/p-2/t13-,15+,16-,17+,18+,19+,21+,22+,23-;;/m1../s1. The molecule has 9 atom stereocenters. The van der Waals surface area contributed by atoms with Gasteiger partial charge in [0, 0.05) is 5.97 Å². The van der Waals surface area contributed by atoms with Gasteiger partial charge in [0.05, 0.1) is 12.2 Å². The minimum atomic E-state index is -4.75. The fourth-order valence-corrected chi connectivity index (χ4v) is 8.74. The van der Waals surface area contributed by atoms with Gasteiger partial charge in [-0.15, -0.1) is 0 Å². The molecule has 0 radical (unpaired) electrons. The Morgan fingerprint density at radius 1 is 1.18 bits per heavy atom. The molecule has 33 heavy (non-hydrogen) atoms. The van der Waals surface area contributed by atoms with E-state index >= 15 is 0 Å². The largest absolute Gasteiger partial charge is 1.00 e. The summed E-state index contributed by atoms with van der Waals surface area (Å²) in [6, 6.07) is 0. The average molecular weight is 501 g/mol. The Morgan fingerprint density at radius 3 is 2.45 bits per heavy atom. The maximum Gasteiger partial charge on any atom is 1.00 e. The number of aliphatic hydroxyl groups is 1. The topological polar surface area (TPSA) is 127 Å². The monoisotopic (exact) mass is 500 g/mol. The van der Waals surface area contributed by atoms with Crippen molar-refractivity contribution in [2.24, 2.45) is 40.4 Å². The third-order valence-corrected chi connectivity index (χ3v) is 10.1. The Kier molecular flexibility index (Phi) is 9.91. The fourth-order valence-electron chi connectivity index (χ4n) is 8.24. The van der Waals surface area contributed by atoms with Crippen LogP contribution in [0.4, 0.5) is 0 Å². The van der Waals surface area contributed by atoms with Crippen LogP contribution < -0.4 is 64.2 Å². The molecule has 0 unspecified atom stereocenters. The molecule has 0 aromatic carbocycles. The van der Waals surface area contributed by atoms with E-state index in [4.69, 9.17) is 4.18 Å². The quantitative estimate of drug-likeness (QED) is 0.177. The molecule has 0 aromatic heterocycles. The van der Waals surface area contributed by atoms with Gasteiger partial charge in [0.15, 0.2) is 0 Å². The van der Waals surface area contributed by atoms with Gasteiger partial charge in [-0.05, 0) is 91.8 Å². The smallest absolute Gasteiger partial charge is 0.726 e. The molecule has 3 fully saturated rings. The van der Waals surface area contributed by atoms with Crippen molar-refractivity contribution in [2.45, 2.75) is 84.3 Å². The number of carboxylic acid groups (broad SMARTS) is 1. The second-order valence-corrected chi connectivity index (χ2v) is 12.1. The SMILES string of the molecule is C[C@H](CC(=O)[O-])[C@H]1CC[C@H]2[C@@H]3[C@@H](O)C=C4C[C@@H](OS(=O)(=O)[O-])CC[C@]4(C)[C@H]3CC[C@]12C.[Na+].[Na+]. The number of carbonyl (C=O) groups excluding carboxylic acids is 1.